The van der Waals surface area contributed by atoms with E-state index in [1.807, 2.05) is 0 Å². The number of hydrogen-bond acceptors (Lipinski definition) is 10. The summed E-state index contributed by atoms with van der Waals surface area (Å²) in [6, 6.07) is 0.0919. The standard InChI is InChI=1S/C20H33N7O3S/c1-3-10-31-20-23-18(22-11(4-2)12-6-5-9-21-12)15-19(24-20)27(26-25-15)13-7-8-14(28)17(30)16(13)29/h11-14,16-17,21,28-30H,3-10H2,1-2H3,(H,22,23,24)/t11?,12?,13-,14+,16+,17-/m1/s1. The van der Waals surface area contributed by atoms with Crippen LogP contribution >= 0.6 is 11.8 Å². The van der Waals surface area contributed by atoms with E-state index in [4.69, 9.17) is 9.97 Å². The Kier molecular flexibility index (Phi) is 7.27. The van der Waals surface area contributed by atoms with Crippen molar-refractivity contribution in [2.24, 2.45) is 0 Å². The van der Waals surface area contributed by atoms with Gasteiger partial charge in [-0.25, -0.2) is 14.6 Å². The van der Waals surface area contributed by atoms with Gasteiger partial charge in [-0.15, -0.1) is 5.10 Å². The molecule has 0 radical (unpaired) electrons. The Morgan fingerprint density at radius 3 is 2.71 bits per heavy atom. The van der Waals surface area contributed by atoms with Crippen molar-refractivity contribution in [3.05, 3.63) is 0 Å². The molecule has 172 valence electrons. The summed E-state index contributed by atoms with van der Waals surface area (Å²) in [4.78, 5) is 9.44. The van der Waals surface area contributed by atoms with Gasteiger partial charge in [-0.05, 0) is 45.1 Å². The Hall–Kier alpha value is -1.53. The smallest absolute Gasteiger partial charge is 0.191 e. The van der Waals surface area contributed by atoms with Crippen LogP contribution in [0.25, 0.3) is 11.2 Å². The molecule has 1 aliphatic carbocycles. The van der Waals surface area contributed by atoms with Crippen LogP contribution in [0.2, 0.25) is 0 Å². The fourth-order valence-electron chi connectivity index (χ4n) is 4.51. The Labute approximate surface area is 186 Å². The zero-order valence-electron chi connectivity index (χ0n) is 18.1. The Balaban J connectivity index is 1.70. The maximum atomic E-state index is 10.6. The van der Waals surface area contributed by atoms with E-state index in [9.17, 15) is 15.3 Å². The second kappa shape index (κ2) is 9.95. The second-order valence-corrected chi connectivity index (χ2v) is 9.53. The first kappa shape index (κ1) is 22.7. The van der Waals surface area contributed by atoms with Crippen molar-refractivity contribution in [2.45, 2.75) is 94.0 Å². The van der Waals surface area contributed by atoms with Crippen LogP contribution in [-0.2, 0) is 0 Å². The van der Waals surface area contributed by atoms with Gasteiger partial charge >= 0.3 is 0 Å². The molecule has 2 aliphatic rings. The molecular weight excluding hydrogens is 418 g/mol. The van der Waals surface area contributed by atoms with Gasteiger partial charge in [0.25, 0.3) is 0 Å². The molecular formula is C20H33N7O3S. The van der Waals surface area contributed by atoms with Gasteiger partial charge in [0.05, 0.1) is 12.1 Å². The van der Waals surface area contributed by atoms with E-state index in [1.54, 1.807) is 16.4 Å². The van der Waals surface area contributed by atoms with E-state index >= 15 is 0 Å². The molecule has 2 fully saturated rings. The monoisotopic (exact) mass is 451 g/mol. The maximum Gasteiger partial charge on any atom is 0.191 e. The van der Waals surface area contributed by atoms with Crippen molar-refractivity contribution in [3.63, 3.8) is 0 Å². The van der Waals surface area contributed by atoms with Crippen molar-refractivity contribution >= 4 is 28.7 Å². The zero-order valence-corrected chi connectivity index (χ0v) is 18.9. The molecule has 0 spiro atoms. The third kappa shape index (κ3) is 4.65. The van der Waals surface area contributed by atoms with Gasteiger partial charge in [-0.2, -0.15) is 0 Å². The predicted molar refractivity (Wildman–Crippen MR) is 119 cm³/mol. The molecule has 2 unspecified atom stereocenters. The van der Waals surface area contributed by atoms with E-state index in [2.05, 4.69) is 34.8 Å². The third-order valence-corrected chi connectivity index (χ3v) is 7.35. The predicted octanol–water partition coefficient (Wildman–Crippen LogP) is 1.08. The summed E-state index contributed by atoms with van der Waals surface area (Å²) in [6.07, 6.45) is 1.80. The van der Waals surface area contributed by atoms with Gasteiger partial charge in [0.15, 0.2) is 22.1 Å². The Morgan fingerprint density at radius 1 is 1.16 bits per heavy atom. The van der Waals surface area contributed by atoms with Crippen LogP contribution in [0.1, 0.15) is 58.4 Å². The second-order valence-electron chi connectivity index (χ2n) is 8.46. The summed E-state index contributed by atoms with van der Waals surface area (Å²) >= 11 is 1.58. The highest BCUT2D eigenvalue weighted by atomic mass is 32.2. The van der Waals surface area contributed by atoms with Crippen LogP contribution < -0.4 is 10.6 Å². The molecule has 6 atom stereocenters. The topological polar surface area (TPSA) is 141 Å². The van der Waals surface area contributed by atoms with Gasteiger partial charge in [0, 0.05) is 17.8 Å². The highest BCUT2D eigenvalue weighted by Gasteiger charge is 2.39. The molecule has 2 aromatic heterocycles. The number of anilines is 1. The van der Waals surface area contributed by atoms with Crippen LogP contribution in [0.4, 0.5) is 5.82 Å². The van der Waals surface area contributed by atoms with Crippen LogP contribution in [0, 0.1) is 0 Å². The molecule has 1 saturated carbocycles. The molecule has 4 rings (SSSR count). The van der Waals surface area contributed by atoms with Crippen LogP contribution in [0.5, 0.6) is 0 Å². The zero-order chi connectivity index (χ0) is 22.0. The molecule has 1 aliphatic heterocycles. The highest BCUT2D eigenvalue weighted by Crippen LogP contribution is 2.33. The SMILES string of the molecule is CCCSc1nc(NC(CC)C2CCCN2)c2nnn([C@@H]3CC[C@H](O)[C@@H](O)[C@H]3O)c2n1. The first-order chi connectivity index (χ1) is 15.0. The molecule has 5 N–H and O–H groups in total. The summed E-state index contributed by atoms with van der Waals surface area (Å²) < 4.78 is 1.59. The van der Waals surface area contributed by atoms with Crippen LogP contribution in [0.3, 0.4) is 0 Å². The van der Waals surface area contributed by atoms with Gasteiger partial charge in [0.2, 0.25) is 0 Å². The van der Waals surface area contributed by atoms with E-state index in [0.717, 1.165) is 31.6 Å². The summed E-state index contributed by atoms with van der Waals surface area (Å²) in [5.74, 6) is 1.55. The average Bonchev–Trinajstić information content (AvgIpc) is 3.45. The summed E-state index contributed by atoms with van der Waals surface area (Å²) in [5, 5.41) is 47.0. The number of rotatable bonds is 8. The van der Waals surface area contributed by atoms with Crippen molar-refractivity contribution in [2.75, 3.05) is 17.6 Å². The van der Waals surface area contributed by atoms with E-state index in [-0.39, 0.29) is 6.04 Å². The lowest BCUT2D eigenvalue weighted by atomic mass is 9.88. The fourth-order valence-corrected chi connectivity index (χ4v) is 5.21. The molecule has 2 aromatic rings. The molecule has 0 amide bonds. The Morgan fingerprint density at radius 2 is 2.00 bits per heavy atom. The summed E-state index contributed by atoms with van der Waals surface area (Å²) in [7, 11) is 0. The summed E-state index contributed by atoms with van der Waals surface area (Å²) in [5.41, 5.74) is 1.10. The molecule has 10 nitrogen and oxygen atoms in total. The summed E-state index contributed by atoms with van der Waals surface area (Å²) in [6.45, 7) is 5.30. The number of fused-ring (bicyclic) bond motifs is 1. The number of aliphatic hydroxyl groups excluding tert-OH is 3. The number of thioether (sulfide) groups is 1. The van der Waals surface area contributed by atoms with Gasteiger partial charge < -0.3 is 26.0 Å². The quantitative estimate of drug-likeness (QED) is 0.292. The molecule has 3 heterocycles. The van der Waals surface area contributed by atoms with Gasteiger partial charge in [0.1, 0.15) is 12.2 Å². The number of nitrogens with zero attached hydrogens (tertiary/aromatic N) is 5. The van der Waals surface area contributed by atoms with E-state index in [1.165, 1.54) is 6.42 Å². The highest BCUT2D eigenvalue weighted by molar-refractivity contribution is 7.99. The molecule has 31 heavy (non-hydrogen) atoms. The van der Waals surface area contributed by atoms with Crippen molar-refractivity contribution in [3.8, 4) is 0 Å². The minimum Gasteiger partial charge on any atom is -0.390 e. The Bertz CT molecular complexity index is 876. The molecule has 0 aromatic carbocycles. The normalized spacial score (nSPS) is 30.0. The largest absolute Gasteiger partial charge is 0.390 e. The minimum absolute atomic E-state index is 0.215. The van der Waals surface area contributed by atoms with Gasteiger partial charge in [-0.3, -0.25) is 0 Å². The molecule has 1 saturated heterocycles. The third-order valence-electron chi connectivity index (χ3n) is 6.30. The number of hydrogen-bond donors (Lipinski definition) is 5. The minimum atomic E-state index is -1.22. The average molecular weight is 452 g/mol. The molecule has 11 heteroatoms. The van der Waals surface area contributed by atoms with E-state index in [0.29, 0.717) is 41.0 Å². The van der Waals surface area contributed by atoms with Crippen molar-refractivity contribution in [1.29, 1.82) is 0 Å². The van der Waals surface area contributed by atoms with E-state index < -0.39 is 24.4 Å². The lowest BCUT2D eigenvalue weighted by molar-refractivity contribution is -0.107. The van der Waals surface area contributed by atoms with Crippen molar-refractivity contribution in [1.82, 2.24) is 30.3 Å². The van der Waals surface area contributed by atoms with Crippen molar-refractivity contribution < 1.29 is 15.3 Å². The van der Waals surface area contributed by atoms with Gasteiger partial charge in [-0.1, -0.05) is 30.8 Å². The first-order valence-electron chi connectivity index (χ1n) is 11.3. The lowest BCUT2D eigenvalue weighted by Crippen LogP contribution is -2.47. The maximum absolute atomic E-state index is 10.6. The number of aromatic nitrogens is 5. The number of aliphatic hydroxyl groups is 3. The lowest BCUT2D eigenvalue weighted by Gasteiger charge is -2.34. The van der Waals surface area contributed by atoms with Crippen LogP contribution in [0.15, 0.2) is 5.16 Å². The number of nitrogens with one attached hydrogen (secondary N) is 2. The fraction of sp³-hybridized carbons (Fsp3) is 0.800. The van der Waals surface area contributed by atoms with Crippen LogP contribution in [-0.4, -0.2) is 83.0 Å². The first-order valence-corrected chi connectivity index (χ1v) is 12.3. The molecule has 0 bridgehead atoms.